The first-order valence-corrected chi connectivity index (χ1v) is 9.74. The quantitative estimate of drug-likeness (QED) is 0.510. The molecule has 1 atom stereocenters. The molecule has 1 aromatic heterocycles. The van der Waals surface area contributed by atoms with E-state index >= 15 is 0 Å². The monoisotopic (exact) mass is 444 g/mol. The normalized spacial score (nSPS) is 11.6. The van der Waals surface area contributed by atoms with Gasteiger partial charge in [-0.25, -0.2) is 9.78 Å². The lowest BCUT2D eigenvalue weighted by molar-refractivity contribution is 0.0693. The van der Waals surface area contributed by atoms with Gasteiger partial charge in [-0.15, -0.1) is 0 Å². The third kappa shape index (κ3) is 5.09. The first-order valence-electron chi connectivity index (χ1n) is 8.98. The fraction of sp³-hybridized carbons (Fsp3) is 0.136. The van der Waals surface area contributed by atoms with Crippen molar-refractivity contribution in [1.82, 2.24) is 10.3 Å². The fourth-order valence-corrected chi connectivity index (χ4v) is 3.40. The third-order valence-electron chi connectivity index (χ3n) is 4.30. The lowest BCUT2D eigenvalue weighted by Gasteiger charge is -2.17. The van der Waals surface area contributed by atoms with E-state index in [2.05, 4.69) is 10.3 Å². The lowest BCUT2D eigenvalue weighted by atomic mass is 10.0. The number of hydrogen-bond acceptors (Lipinski definition) is 4. The van der Waals surface area contributed by atoms with Crippen LogP contribution in [0.3, 0.4) is 0 Å². The van der Waals surface area contributed by atoms with Crippen LogP contribution in [0.1, 0.15) is 44.8 Å². The molecule has 6 nitrogen and oxygen atoms in total. The highest BCUT2D eigenvalue weighted by molar-refractivity contribution is 6.31. The minimum absolute atomic E-state index is 0.0530. The predicted octanol–water partition coefficient (Wildman–Crippen LogP) is 5.68. The van der Waals surface area contributed by atoms with Crippen molar-refractivity contribution in [3.05, 3.63) is 87.0 Å². The van der Waals surface area contributed by atoms with Gasteiger partial charge in [-0.1, -0.05) is 41.4 Å². The molecule has 0 aliphatic heterocycles. The van der Waals surface area contributed by atoms with Crippen LogP contribution in [0.4, 0.5) is 0 Å². The molecular weight excluding hydrogens is 427 g/mol. The van der Waals surface area contributed by atoms with Gasteiger partial charge in [0.1, 0.15) is 11.3 Å². The average molecular weight is 445 g/mol. The van der Waals surface area contributed by atoms with Crippen LogP contribution < -0.4 is 10.1 Å². The molecule has 1 amide bonds. The Hall–Kier alpha value is -3.09. The van der Waals surface area contributed by atoms with E-state index in [4.69, 9.17) is 27.9 Å². The van der Waals surface area contributed by atoms with E-state index < -0.39 is 17.9 Å². The molecule has 154 valence electrons. The van der Waals surface area contributed by atoms with E-state index in [1.165, 1.54) is 18.3 Å². The Kier molecular flexibility index (Phi) is 6.59. The van der Waals surface area contributed by atoms with Gasteiger partial charge in [0.25, 0.3) is 5.91 Å². The number of amides is 1. The largest absolute Gasteiger partial charge is 0.478 e. The summed E-state index contributed by atoms with van der Waals surface area (Å²) in [5, 5.41) is 12.9. The van der Waals surface area contributed by atoms with Gasteiger partial charge in [-0.3, -0.25) is 4.79 Å². The first kappa shape index (κ1) is 21.6. The number of carboxylic acids is 1. The number of carbonyl (C=O) groups is 2. The summed E-state index contributed by atoms with van der Waals surface area (Å²) in [6, 6.07) is 12.5. The zero-order valence-corrected chi connectivity index (χ0v) is 17.7. The van der Waals surface area contributed by atoms with Crippen LogP contribution in [0.2, 0.25) is 10.0 Å². The van der Waals surface area contributed by atoms with E-state index in [-0.39, 0.29) is 22.0 Å². The summed E-state index contributed by atoms with van der Waals surface area (Å²) in [5.74, 6) is -1.10. The number of nitrogens with zero attached hydrogens (tertiary/aromatic N) is 1. The van der Waals surface area contributed by atoms with Crippen molar-refractivity contribution in [2.45, 2.75) is 19.9 Å². The molecule has 0 spiro atoms. The molecule has 0 fully saturated rings. The maximum atomic E-state index is 12.9. The molecule has 1 heterocycles. The van der Waals surface area contributed by atoms with Crippen LogP contribution in [0.15, 0.2) is 54.7 Å². The number of pyridine rings is 1. The number of halogens is 2. The van der Waals surface area contributed by atoms with Gasteiger partial charge >= 0.3 is 5.97 Å². The van der Waals surface area contributed by atoms with Crippen LogP contribution in [-0.2, 0) is 0 Å². The molecule has 0 unspecified atom stereocenters. The number of rotatable bonds is 6. The topological polar surface area (TPSA) is 88.5 Å². The van der Waals surface area contributed by atoms with Gasteiger partial charge in [0.2, 0.25) is 5.88 Å². The Morgan fingerprint density at radius 3 is 2.50 bits per heavy atom. The standard InChI is InChI=1S/C22H18Cl2N2O4/c1-12-7-14(23)9-16(8-12)30-21-19(10-15(24)11-25-21)20(27)26-13(2)17-5-3-4-6-18(17)22(28)29/h3-11,13H,1-2H3,(H,26,27)(H,28,29)/t13-/m0/s1. The lowest BCUT2D eigenvalue weighted by Crippen LogP contribution is -2.28. The second-order valence-electron chi connectivity index (χ2n) is 6.66. The van der Waals surface area contributed by atoms with E-state index in [9.17, 15) is 14.7 Å². The zero-order chi connectivity index (χ0) is 21.8. The second-order valence-corrected chi connectivity index (χ2v) is 7.53. The molecule has 2 aromatic carbocycles. The number of nitrogens with one attached hydrogen (secondary N) is 1. The van der Waals surface area contributed by atoms with Crippen molar-refractivity contribution in [2.75, 3.05) is 0 Å². The Morgan fingerprint density at radius 1 is 1.07 bits per heavy atom. The first-order chi connectivity index (χ1) is 14.2. The fourth-order valence-electron chi connectivity index (χ4n) is 2.97. The maximum Gasteiger partial charge on any atom is 0.336 e. The van der Waals surface area contributed by atoms with Crippen molar-refractivity contribution in [3.63, 3.8) is 0 Å². The van der Waals surface area contributed by atoms with Gasteiger partial charge in [-0.2, -0.15) is 0 Å². The molecule has 0 saturated carbocycles. The minimum atomic E-state index is -1.07. The molecule has 0 saturated heterocycles. The average Bonchev–Trinajstić information content (AvgIpc) is 2.68. The van der Waals surface area contributed by atoms with Crippen molar-refractivity contribution < 1.29 is 19.4 Å². The summed E-state index contributed by atoms with van der Waals surface area (Å²) in [4.78, 5) is 28.5. The summed E-state index contributed by atoms with van der Waals surface area (Å²) in [6.45, 7) is 3.56. The summed E-state index contributed by atoms with van der Waals surface area (Å²) < 4.78 is 5.79. The highest BCUT2D eigenvalue weighted by Gasteiger charge is 2.21. The number of benzene rings is 2. The van der Waals surface area contributed by atoms with Gasteiger partial charge in [0, 0.05) is 11.2 Å². The second kappa shape index (κ2) is 9.15. The van der Waals surface area contributed by atoms with E-state index in [0.29, 0.717) is 16.3 Å². The number of carbonyl (C=O) groups excluding carboxylic acids is 1. The number of aromatic carboxylic acids is 1. The SMILES string of the molecule is Cc1cc(Cl)cc(Oc2ncc(Cl)cc2C(=O)N[C@@H](C)c2ccccc2C(=O)O)c1. The van der Waals surface area contributed by atoms with Crippen molar-refractivity contribution in [1.29, 1.82) is 0 Å². The number of ether oxygens (including phenoxy) is 1. The molecule has 0 radical (unpaired) electrons. The molecule has 30 heavy (non-hydrogen) atoms. The summed E-state index contributed by atoms with van der Waals surface area (Å²) >= 11 is 12.1. The van der Waals surface area contributed by atoms with Gasteiger partial charge in [-0.05, 0) is 55.3 Å². The minimum Gasteiger partial charge on any atom is -0.478 e. The van der Waals surface area contributed by atoms with Gasteiger partial charge in [0.15, 0.2) is 0 Å². The summed E-state index contributed by atoms with van der Waals surface area (Å²) in [7, 11) is 0. The van der Waals surface area contributed by atoms with Crippen LogP contribution in [0, 0.1) is 6.92 Å². The zero-order valence-electron chi connectivity index (χ0n) is 16.1. The Morgan fingerprint density at radius 2 is 1.80 bits per heavy atom. The van der Waals surface area contributed by atoms with Crippen LogP contribution in [0.25, 0.3) is 0 Å². The van der Waals surface area contributed by atoms with Crippen LogP contribution in [0.5, 0.6) is 11.6 Å². The smallest absolute Gasteiger partial charge is 0.336 e. The van der Waals surface area contributed by atoms with Crippen LogP contribution >= 0.6 is 23.2 Å². The number of aryl methyl sites for hydroxylation is 1. The predicted molar refractivity (Wildman–Crippen MR) is 115 cm³/mol. The van der Waals surface area contributed by atoms with Gasteiger partial charge < -0.3 is 15.2 Å². The Bertz CT molecular complexity index is 1100. The maximum absolute atomic E-state index is 12.9. The number of hydrogen-bond donors (Lipinski definition) is 2. The summed E-state index contributed by atoms with van der Waals surface area (Å²) in [6.07, 6.45) is 1.37. The highest BCUT2D eigenvalue weighted by Crippen LogP contribution is 2.29. The molecule has 0 bridgehead atoms. The number of aromatic nitrogens is 1. The van der Waals surface area contributed by atoms with Crippen molar-refractivity contribution in [2.24, 2.45) is 0 Å². The molecule has 2 N–H and O–H groups in total. The molecule has 0 aliphatic carbocycles. The Balaban J connectivity index is 1.89. The van der Waals surface area contributed by atoms with Gasteiger partial charge in [0.05, 0.1) is 16.6 Å². The van der Waals surface area contributed by atoms with Crippen LogP contribution in [-0.4, -0.2) is 22.0 Å². The van der Waals surface area contributed by atoms with Crippen molar-refractivity contribution >= 4 is 35.1 Å². The number of carboxylic acid groups (broad SMARTS) is 1. The van der Waals surface area contributed by atoms with E-state index in [1.807, 2.05) is 6.92 Å². The molecular formula is C22H18Cl2N2O4. The van der Waals surface area contributed by atoms with E-state index in [0.717, 1.165) is 5.56 Å². The Labute approximate surface area is 183 Å². The highest BCUT2D eigenvalue weighted by atomic mass is 35.5. The van der Waals surface area contributed by atoms with E-state index in [1.54, 1.807) is 43.3 Å². The van der Waals surface area contributed by atoms with Crippen molar-refractivity contribution in [3.8, 4) is 11.6 Å². The molecule has 3 aromatic rings. The summed E-state index contributed by atoms with van der Waals surface area (Å²) in [5.41, 5.74) is 1.58. The molecule has 8 heteroatoms. The third-order valence-corrected chi connectivity index (χ3v) is 4.72. The molecule has 3 rings (SSSR count). The molecule has 0 aliphatic rings.